The highest BCUT2D eigenvalue weighted by molar-refractivity contribution is 7.89. The lowest BCUT2D eigenvalue weighted by Crippen LogP contribution is -2.35. The number of halogens is 1. The van der Waals surface area contributed by atoms with Crippen molar-refractivity contribution in [2.75, 3.05) is 31.9 Å². The maximum atomic E-state index is 12.1. The minimum Gasteiger partial charge on any atom is -0.382 e. The number of hydrogen-bond acceptors (Lipinski definition) is 5. The molecule has 0 aromatic carbocycles. The molecule has 1 heterocycles. The summed E-state index contributed by atoms with van der Waals surface area (Å²) in [6, 6.07) is 1.30. The van der Waals surface area contributed by atoms with E-state index in [2.05, 4.69) is 21.5 Å². The fourth-order valence-electron chi connectivity index (χ4n) is 1.74. The zero-order valence-corrected chi connectivity index (χ0v) is 13.3. The van der Waals surface area contributed by atoms with Gasteiger partial charge in [-0.1, -0.05) is 25.4 Å². The normalized spacial score (nSPS) is 12.0. The Balaban J connectivity index is 2.63. The van der Waals surface area contributed by atoms with E-state index < -0.39 is 10.0 Å². The van der Waals surface area contributed by atoms with E-state index in [4.69, 9.17) is 17.3 Å². The van der Waals surface area contributed by atoms with Crippen molar-refractivity contribution in [1.82, 2.24) is 14.6 Å². The highest BCUT2D eigenvalue weighted by Crippen LogP contribution is 2.19. The molecular formula is C12H21ClN4O2S. The molecule has 6 nitrogen and oxygen atoms in total. The van der Waals surface area contributed by atoms with Crippen molar-refractivity contribution in [1.29, 1.82) is 0 Å². The highest BCUT2D eigenvalue weighted by Gasteiger charge is 2.16. The van der Waals surface area contributed by atoms with E-state index in [1.807, 2.05) is 6.92 Å². The topological polar surface area (TPSA) is 88.3 Å². The molecule has 1 rings (SSSR count). The van der Waals surface area contributed by atoms with Gasteiger partial charge in [0.2, 0.25) is 10.0 Å². The third-order valence-electron chi connectivity index (χ3n) is 2.86. The van der Waals surface area contributed by atoms with Gasteiger partial charge in [-0.3, -0.25) is 0 Å². The second-order valence-corrected chi connectivity index (χ2v) is 6.54. The summed E-state index contributed by atoms with van der Waals surface area (Å²) < 4.78 is 26.6. The predicted molar refractivity (Wildman–Crippen MR) is 81.3 cm³/mol. The zero-order valence-electron chi connectivity index (χ0n) is 11.8. The molecule has 0 atom stereocenters. The fraction of sp³-hybridized carbons (Fsp3) is 0.583. The summed E-state index contributed by atoms with van der Waals surface area (Å²) in [4.78, 5) is 5.95. The molecule has 0 aliphatic heterocycles. The van der Waals surface area contributed by atoms with E-state index in [9.17, 15) is 8.42 Å². The van der Waals surface area contributed by atoms with Crippen LogP contribution in [0.3, 0.4) is 0 Å². The van der Waals surface area contributed by atoms with Gasteiger partial charge in [0.1, 0.15) is 10.7 Å². The summed E-state index contributed by atoms with van der Waals surface area (Å²) in [5, 5.41) is 0.133. The number of pyridine rings is 1. The number of sulfonamides is 1. The Bertz CT molecular complexity index is 536. The molecule has 0 bridgehead atoms. The summed E-state index contributed by atoms with van der Waals surface area (Å²) in [6.45, 7) is 7.00. The van der Waals surface area contributed by atoms with Crippen LogP contribution in [-0.4, -0.2) is 44.5 Å². The summed E-state index contributed by atoms with van der Waals surface area (Å²) in [5.41, 5.74) is 5.46. The molecule has 0 radical (unpaired) electrons. The van der Waals surface area contributed by atoms with Crippen LogP contribution >= 0.6 is 11.6 Å². The van der Waals surface area contributed by atoms with E-state index in [0.29, 0.717) is 13.1 Å². The molecule has 0 spiro atoms. The van der Waals surface area contributed by atoms with Gasteiger partial charge in [0.15, 0.2) is 0 Å². The SMILES string of the molecule is CCCN(CC)CCNS(=O)(=O)c1cnc(N)c(Cl)c1. The molecule has 0 fully saturated rings. The van der Waals surface area contributed by atoms with E-state index in [1.165, 1.54) is 12.3 Å². The second-order valence-electron chi connectivity index (χ2n) is 4.37. The Labute approximate surface area is 125 Å². The lowest BCUT2D eigenvalue weighted by Gasteiger charge is -2.19. The van der Waals surface area contributed by atoms with E-state index in [1.54, 1.807) is 0 Å². The molecule has 0 aliphatic carbocycles. The summed E-state index contributed by atoms with van der Waals surface area (Å²) in [5.74, 6) is 0.116. The maximum Gasteiger partial charge on any atom is 0.242 e. The lowest BCUT2D eigenvalue weighted by molar-refractivity contribution is 0.293. The summed E-state index contributed by atoms with van der Waals surface area (Å²) in [6.07, 6.45) is 2.24. The van der Waals surface area contributed by atoms with Crippen molar-refractivity contribution in [2.45, 2.75) is 25.2 Å². The molecule has 20 heavy (non-hydrogen) atoms. The van der Waals surface area contributed by atoms with Crippen molar-refractivity contribution < 1.29 is 8.42 Å². The van der Waals surface area contributed by atoms with Gasteiger partial charge in [0.25, 0.3) is 0 Å². The number of hydrogen-bond donors (Lipinski definition) is 2. The average molecular weight is 321 g/mol. The first-order valence-electron chi connectivity index (χ1n) is 6.53. The highest BCUT2D eigenvalue weighted by atomic mass is 35.5. The Morgan fingerprint density at radius 3 is 2.65 bits per heavy atom. The Hall–Kier alpha value is -0.890. The van der Waals surface area contributed by atoms with Gasteiger partial charge in [-0.25, -0.2) is 18.1 Å². The van der Waals surface area contributed by atoms with Gasteiger partial charge in [-0.05, 0) is 25.6 Å². The number of nitrogens with two attached hydrogens (primary N) is 1. The van der Waals surface area contributed by atoms with Crippen LogP contribution in [0.2, 0.25) is 5.02 Å². The minimum atomic E-state index is -3.60. The summed E-state index contributed by atoms with van der Waals surface area (Å²) >= 11 is 5.78. The molecule has 1 aromatic rings. The Morgan fingerprint density at radius 1 is 1.40 bits per heavy atom. The molecule has 114 valence electrons. The van der Waals surface area contributed by atoms with Crippen molar-refractivity contribution in [3.8, 4) is 0 Å². The zero-order chi connectivity index (χ0) is 15.2. The molecule has 0 amide bonds. The number of rotatable bonds is 8. The van der Waals surface area contributed by atoms with E-state index in [-0.39, 0.29) is 15.7 Å². The monoisotopic (exact) mass is 320 g/mol. The first kappa shape index (κ1) is 17.2. The van der Waals surface area contributed by atoms with Crippen LogP contribution in [0.5, 0.6) is 0 Å². The van der Waals surface area contributed by atoms with Crippen LogP contribution in [-0.2, 0) is 10.0 Å². The Kier molecular flexibility index (Phi) is 6.67. The van der Waals surface area contributed by atoms with Gasteiger partial charge in [0.05, 0.1) is 5.02 Å². The number of nitrogens with zero attached hydrogens (tertiary/aromatic N) is 2. The quantitative estimate of drug-likeness (QED) is 0.754. The van der Waals surface area contributed by atoms with Crippen molar-refractivity contribution in [3.05, 3.63) is 17.3 Å². The van der Waals surface area contributed by atoms with Gasteiger partial charge in [0, 0.05) is 19.3 Å². The largest absolute Gasteiger partial charge is 0.382 e. The first-order valence-corrected chi connectivity index (χ1v) is 8.39. The predicted octanol–water partition coefficient (Wildman–Crippen LogP) is 1.33. The smallest absolute Gasteiger partial charge is 0.242 e. The van der Waals surface area contributed by atoms with E-state index in [0.717, 1.165) is 19.5 Å². The van der Waals surface area contributed by atoms with Crippen molar-refractivity contribution in [2.24, 2.45) is 0 Å². The van der Waals surface area contributed by atoms with E-state index >= 15 is 0 Å². The number of nitrogen functional groups attached to an aromatic ring is 1. The third kappa shape index (κ3) is 4.90. The lowest BCUT2D eigenvalue weighted by atomic mass is 10.4. The van der Waals surface area contributed by atoms with Crippen LogP contribution < -0.4 is 10.5 Å². The van der Waals surface area contributed by atoms with Gasteiger partial charge >= 0.3 is 0 Å². The van der Waals surface area contributed by atoms with Crippen LogP contribution in [0.15, 0.2) is 17.2 Å². The number of likely N-dealkylation sites (N-methyl/N-ethyl adjacent to an activating group) is 1. The first-order chi connectivity index (χ1) is 9.40. The molecule has 3 N–H and O–H groups in total. The molecule has 0 saturated carbocycles. The molecule has 0 unspecified atom stereocenters. The number of anilines is 1. The average Bonchev–Trinajstić information content (AvgIpc) is 2.40. The Morgan fingerprint density at radius 2 is 2.10 bits per heavy atom. The van der Waals surface area contributed by atoms with Crippen LogP contribution in [0.4, 0.5) is 5.82 Å². The number of aromatic nitrogens is 1. The van der Waals surface area contributed by atoms with Crippen LogP contribution in [0.25, 0.3) is 0 Å². The second kappa shape index (κ2) is 7.78. The molecular weight excluding hydrogens is 300 g/mol. The van der Waals surface area contributed by atoms with Crippen molar-refractivity contribution >= 4 is 27.4 Å². The standard InChI is InChI=1S/C12H21ClN4O2S/c1-3-6-17(4-2)7-5-16-20(18,19)10-8-11(13)12(14)15-9-10/h8-9,16H,3-7H2,1-2H3,(H2,14,15). The van der Waals surface area contributed by atoms with Gasteiger partial charge in [-0.15, -0.1) is 0 Å². The molecule has 0 saturated heterocycles. The molecule has 8 heteroatoms. The van der Waals surface area contributed by atoms with Crippen molar-refractivity contribution in [3.63, 3.8) is 0 Å². The van der Waals surface area contributed by atoms with Crippen LogP contribution in [0, 0.1) is 0 Å². The molecule has 0 aliphatic rings. The third-order valence-corrected chi connectivity index (χ3v) is 4.59. The maximum absolute atomic E-state index is 12.1. The van der Waals surface area contributed by atoms with Crippen LogP contribution in [0.1, 0.15) is 20.3 Å². The molecule has 1 aromatic heterocycles. The van der Waals surface area contributed by atoms with Gasteiger partial charge in [-0.2, -0.15) is 0 Å². The minimum absolute atomic E-state index is 0.0234. The fourth-order valence-corrected chi connectivity index (χ4v) is 2.97. The van der Waals surface area contributed by atoms with Gasteiger partial charge < -0.3 is 10.6 Å². The number of nitrogens with one attached hydrogen (secondary N) is 1. The summed E-state index contributed by atoms with van der Waals surface area (Å²) in [7, 11) is -3.60.